The SMILES string of the molecule is COc1ccc([C@@H]2[C@H](CO[Si](C(C)C)(C(C)C)C(C)C)[C@H]2NC(=O)[C@@H](CC(=O)OC(C)(C)C)CC(C)C)cc1. The summed E-state index contributed by atoms with van der Waals surface area (Å²) in [5, 5.41) is 3.34. The van der Waals surface area contributed by atoms with Crippen molar-refractivity contribution >= 4 is 20.2 Å². The Bertz CT molecular complexity index is 913. The lowest BCUT2D eigenvalue weighted by molar-refractivity contribution is -0.157. The average molecular weight is 562 g/mol. The molecule has 1 N–H and O–H groups in total. The number of hydrogen-bond acceptors (Lipinski definition) is 5. The van der Waals surface area contributed by atoms with Crippen LogP contribution >= 0.6 is 0 Å². The van der Waals surface area contributed by atoms with Gasteiger partial charge in [-0.15, -0.1) is 0 Å². The molecule has 6 nitrogen and oxygen atoms in total. The first kappa shape index (κ1) is 33.3. The fraction of sp³-hybridized carbons (Fsp3) is 0.750. The molecule has 0 spiro atoms. The Morgan fingerprint density at radius 1 is 0.923 bits per heavy atom. The number of carbonyl (C=O) groups is 2. The Morgan fingerprint density at radius 3 is 1.90 bits per heavy atom. The summed E-state index contributed by atoms with van der Waals surface area (Å²) in [5.41, 5.74) is 2.08. The third-order valence-electron chi connectivity index (χ3n) is 8.17. The van der Waals surface area contributed by atoms with E-state index in [0.29, 0.717) is 29.7 Å². The van der Waals surface area contributed by atoms with Crippen molar-refractivity contribution < 1.29 is 23.5 Å². The van der Waals surface area contributed by atoms with Crippen molar-refractivity contribution in [3.63, 3.8) is 0 Å². The molecule has 0 heterocycles. The normalized spacial score (nSPS) is 20.5. The van der Waals surface area contributed by atoms with Gasteiger partial charge in [-0.2, -0.15) is 0 Å². The monoisotopic (exact) mass is 561 g/mol. The molecule has 1 aliphatic carbocycles. The van der Waals surface area contributed by atoms with Gasteiger partial charge >= 0.3 is 5.97 Å². The van der Waals surface area contributed by atoms with Crippen LogP contribution < -0.4 is 10.1 Å². The molecule has 1 aromatic carbocycles. The third-order valence-corrected chi connectivity index (χ3v) is 14.3. The van der Waals surface area contributed by atoms with E-state index in [1.165, 1.54) is 5.56 Å². The highest BCUT2D eigenvalue weighted by Gasteiger charge is 2.54. The van der Waals surface area contributed by atoms with Gasteiger partial charge in [0.1, 0.15) is 11.4 Å². The zero-order valence-electron chi connectivity index (χ0n) is 26.6. The highest BCUT2D eigenvalue weighted by atomic mass is 28.4. The van der Waals surface area contributed by atoms with Gasteiger partial charge in [-0.3, -0.25) is 9.59 Å². The number of nitrogens with one attached hydrogen (secondary N) is 1. The number of benzene rings is 1. The van der Waals surface area contributed by atoms with E-state index in [9.17, 15) is 9.59 Å². The number of methoxy groups -OCH3 is 1. The highest BCUT2D eigenvalue weighted by molar-refractivity contribution is 6.77. The van der Waals surface area contributed by atoms with Crippen LogP contribution in [0.5, 0.6) is 5.75 Å². The van der Waals surface area contributed by atoms with E-state index in [-0.39, 0.29) is 42.1 Å². The van der Waals surface area contributed by atoms with Crippen LogP contribution in [0, 0.1) is 17.8 Å². The summed E-state index contributed by atoms with van der Waals surface area (Å²) in [6, 6.07) is 8.10. The van der Waals surface area contributed by atoms with Gasteiger partial charge in [0.15, 0.2) is 8.32 Å². The standard InChI is InChI=1S/C32H55NO5Si/c1-20(2)17-25(18-28(34)38-32(9,10)11)31(35)33-30-27(29(30)24-13-15-26(36-12)16-14-24)19-37-39(21(3)4,22(5)6)23(7)8/h13-16,20-23,25,27,29-30H,17-19H2,1-12H3,(H,33,35)/t25-,27+,29-,30-/m1/s1. The number of esters is 1. The van der Waals surface area contributed by atoms with Gasteiger partial charge in [0.25, 0.3) is 0 Å². The number of carbonyl (C=O) groups excluding carboxylic acids is 2. The van der Waals surface area contributed by atoms with Crippen molar-refractivity contribution in [3.05, 3.63) is 29.8 Å². The van der Waals surface area contributed by atoms with Gasteiger partial charge in [0, 0.05) is 30.4 Å². The van der Waals surface area contributed by atoms with E-state index < -0.39 is 19.8 Å². The third kappa shape index (κ3) is 8.81. The summed E-state index contributed by atoms with van der Waals surface area (Å²) in [5.74, 6) is 0.634. The van der Waals surface area contributed by atoms with Crippen LogP contribution in [0.4, 0.5) is 0 Å². The molecule has 39 heavy (non-hydrogen) atoms. The summed E-state index contributed by atoms with van der Waals surface area (Å²) in [4.78, 5) is 26.2. The molecule has 222 valence electrons. The van der Waals surface area contributed by atoms with Crippen molar-refractivity contribution in [1.82, 2.24) is 5.32 Å². The van der Waals surface area contributed by atoms with Crippen LogP contribution in [-0.4, -0.2) is 45.6 Å². The van der Waals surface area contributed by atoms with Crippen LogP contribution in [0.2, 0.25) is 16.6 Å². The highest BCUT2D eigenvalue weighted by Crippen LogP contribution is 2.51. The quantitative estimate of drug-likeness (QED) is 0.188. The smallest absolute Gasteiger partial charge is 0.307 e. The maximum absolute atomic E-state index is 13.6. The Balaban J connectivity index is 2.27. The van der Waals surface area contributed by atoms with Crippen molar-refractivity contribution in [3.8, 4) is 5.75 Å². The zero-order valence-corrected chi connectivity index (χ0v) is 27.6. The molecule has 0 radical (unpaired) electrons. The first-order valence-electron chi connectivity index (χ1n) is 14.8. The van der Waals surface area contributed by atoms with Gasteiger partial charge in [-0.25, -0.2) is 0 Å². The zero-order chi connectivity index (χ0) is 29.7. The summed E-state index contributed by atoms with van der Waals surface area (Å²) in [6.07, 6.45) is 0.725. The van der Waals surface area contributed by atoms with E-state index in [1.54, 1.807) is 7.11 Å². The number of ether oxygens (including phenoxy) is 2. The number of rotatable bonds is 14. The number of amides is 1. The first-order valence-corrected chi connectivity index (χ1v) is 17.0. The Labute approximate surface area is 239 Å². The van der Waals surface area contributed by atoms with Crippen molar-refractivity contribution in [2.24, 2.45) is 17.8 Å². The Kier molecular flexibility index (Phi) is 11.7. The van der Waals surface area contributed by atoms with Gasteiger partial charge in [-0.05, 0) is 67.4 Å². The first-order chi connectivity index (χ1) is 18.0. The lowest BCUT2D eigenvalue weighted by Gasteiger charge is -2.42. The molecule has 7 heteroatoms. The second-order valence-corrected chi connectivity index (χ2v) is 19.2. The lowest BCUT2D eigenvalue weighted by Crippen LogP contribution is -2.48. The van der Waals surface area contributed by atoms with E-state index in [1.807, 2.05) is 32.9 Å². The topological polar surface area (TPSA) is 73.9 Å². The minimum atomic E-state index is -2.05. The second-order valence-electron chi connectivity index (χ2n) is 13.7. The molecule has 1 saturated carbocycles. The maximum atomic E-state index is 13.6. The predicted octanol–water partition coefficient (Wildman–Crippen LogP) is 7.48. The van der Waals surface area contributed by atoms with Gasteiger partial charge in [0.2, 0.25) is 5.91 Å². The van der Waals surface area contributed by atoms with Crippen molar-refractivity contribution in [2.45, 2.75) is 123 Å². The van der Waals surface area contributed by atoms with Gasteiger partial charge in [-0.1, -0.05) is 67.5 Å². The van der Waals surface area contributed by atoms with Crippen LogP contribution in [-0.2, 0) is 18.8 Å². The van der Waals surface area contributed by atoms with Crippen LogP contribution in [0.3, 0.4) is 0 Å². The molecule has 0 bridgehead atoms. The molecule has 0 unspecified atom stereocenters. The van der Waals surface area contributed by atoms with Crippen LogP contribution in [0.1, 0.15) is 100 Å². The van der Waals surface area contributed by atoms with E-state index >= 15 is 0 Å². The summed E-state index contributed by atoms with van der Waals surface area (Å²) in [7, 11) is -0.381. The molecule has 1 fully saturated rings. The Hall–Kier alpha value is -1.86. The minimum Gasteiger partial charge on any atom is -0.497 e. The predicted molar refractivity (Wildman–Crippen MR) is 162 cm³/mol. The van der Waals surface area contributed by atoms with Crippen molar-refractivity contribution in [1.29, 1.82) is 0 Å². The van der Waals surface area contributed by atoms with Gasteiger partial charge in [0.05, 0.1) is 13.5 Å². The molecule has 2 rings (SSSR count). The number of hydrogen-bond donors (Lipinski definition) is 1. The fourth-order valence-corrected chi connectivity index (χ4v) is 12.0. The van der Waals surface area contributed by atoms with E-state index in [2.05, 4.69) is 72.8 Å². The summed E-state index contributed by atoms with van der Waals surface area (Å²) in [6.45, 7) is 24.1. The molecule has 0 saturated heterocycles. The molecule has 1 aromatic rings. The largest absolute Gasteiger partial charge is 0.497 e. The minimum absolute atomic E-state index is 0.0302. The van der Waals surface area contributed by atoms with Gasteiger partial charge < -0.3 is 19.2 Å². The fourth-order valence-electron chi connectivity index (χ4n) is 6.52. The molecule has 1 aliphatic rings. The molecule has 1 amide bonds. The maximum Gasteiger partial charge on any atom is 0.307 e. The second kappa shape index (κ2) is 13.7. The van der Waals surface area contributed by atoms with E-state index in [0.717, 1.165) is 5.75 Å². The van der Waals surface area contributed by atoms with Crippen LogP contribution in [0.25, 0.3) is 0 Å². The molecular formula is C32H55NO5Si. The van der Waals surface area contributed by atoms with E-state index in [4.69, 9.17) is 13.9 Å². The Morgan fingerprint density at radius 2 is 1.46 bits per heavy atom. The summed E-state index contributed by atoms with van der Waals surface area (Å²) >= 11 is 0. The average Bonchev–Trinajstić information content (AvgIpc) is 3.48. The molecular weight excluding hydrogens is 506 g/mol. The summed E-state index contributed by atoms with van der Waals surface area (Å²) < 4.78 is 17.9. The van der Waals surface area contributed by atoms with Crippen molar-refractivity contribution in [2.75, 3.05) is 13.7 Å². The molecule has 4 atom stereocenters. The lowest BCUT2D eigenvalue weighted by atomic mass is 9.93. The molecule has 0 aliphatic heterocycles. The molecule has 0 aromatic heterocycles. The van der Waals surface area contributed by atoms with Crippen LogP contribution in [0.15, 0.2) is 24.3 Å².